The highest BCUT2D eigenvalue weighted by molar-refractivity contribution is 6.12. The Morgan fingerprint density at radius 3 is 2.52 bits per heavy atom. The standard InChI is InChI=1S/C21H25F2N9O/c1-33-15-7-17(22)19(18(23)8-15)32(26)21(30-25)16-6-12(9-28-20(16)24)13-10-29-31(11-13)14-2-4-27-5-3-14/h6-11,14,27H,2-5,25-26H2,1H3,(H2,24,28)/b30-21-. The van der Waals surface area contributed by atoms with Crippen LogP contribution in [0.25, 0.3) is 11.1 Å². The Balaban J connectivity index is 1.68. The number of aromatic nitrogens is 3. The minimum atomic E-state index is -0.957. The molecule has 0 atom stereocenters. The van der Waals surface area contributed by atoms with E-state index in [-0.39, 0.29) is 23.0 Å². The van der Waals surface area contributed by atoms with Gasteiger partial charge in [-0.2, -0.15) is 10.2 Å². The fourth-order valence-corrected chi connectivity index (χ4v) is 3.83. The molecule has 10 nitrogen and oxygen atoms in total. The summed E-state index contributed by atoms with van der Waals surface area (Å²) in [5.74, 6) is 9.54. The highest BCUT2D eigenvalue weighted by Crippen LogP contribution is 2.30. The molecule has 0 unspecified atom stereocenters. The van der Waals surface area contributed by atoms with Crippen LogP contribution in [0.4, 0.5) is 20.3 Å². The molecule has 0 radical (unpaired) electrons. The van der Waals surface area contributed by atoms with E-state index in [1.54, 1.807) is 18.5 Å². The Morgan fingerprint density at radius 2 is 1.88 bits per heavy atom. The summed E-state index contributed by atoms with van der Waals surface area (Å²) in [7, 11) is 1.30. The first-order chi connectivity index (χ1) is 15.9. The average molecular weight is 457 g/mol. The van der Waals surface area contributed by atoms with Crippen molar-refractivity contribution in [2.24, 2.45) is 16.8 Å². The van der Waals surface area contributed by atoms with Crippen LogP contribution in [0, 0.1) is 11.6 Å². The van der Waals surface area contributed by atoms with Crippen molar-refractivity contribution >= 4 is 17.3 Å². The van der Waals surface area contributed by atoms with Gasteiger partial charge in [-0.1, -0.05) is 0 Å². The summed E-state index contributed by atoms with van der Waals surface area (Å²) in [4.78, 5) is 4.20. The molecule has 0 spiro atoms. The predicted octanol–water partition coefficient (Wildman–Crippen LogP) is 1.74. The Bertz CT molecular complexity index is 1150. The molecule has 4 rings (SSSR count). The number of nitrogens with one attached hydrogen (secondary N) is 1. The lowest BCUT2D eigenvalue weighted by Crippen LogP contribution is -2.40. The van der Waals surface area contributed by atoms with Crippen molar-refractivity contribution in [2.45, 2.75) is 18.9 Å². The number of anilines is 2. The van der Waals surface area contributed by atoms with Gasteiger partial charge in [0.05, 0.1) is 24.9 Å². The molecule has 1 fully saturated rings. The third-order valence-corrected chi connectivity index (χ3v) is 5.59. The number of hydrogen-bond acceptors (Lipinski definition) is 8. The molecule has 174 valence electrons. The summed E-state index contributed by atoms with van der Waals surface area (Å²) in [5.41, 5.74) is 7.15. The molecule has 7 N–H and O–H groups in total. The minimum absolute atomic E-state index is 0.00215. The van der Waals surface area contributed by atoms with Gasteiger partial charge >= 0.3 is 0 Å². The number of hydrazine groups is 1. The summed E-state index contributed by atoms with van der Waals surface area (Å²) in [6, 6.07) is 3.96. The fourth-order valence-electron chi connectivity index (χ4n) is 3.83. The maximum absolute atomic E-state index is 14.6. The number of nitrogen functional groups attached to an aromatic ring is 1. The number of rotatable bonds is 5. The topological polar surface area (TPSA) is 146 Å². The molecule has 1 aromatic carbocycles. The Morgan fingerprint density at radius 1 is 1.18 bits per heavy atom. The number of nitrogens with zero attached hydrogens (tertiary/aromatic N) is 5. The van der Waals surface area contributed by atoms with Crippen molar-refractivity contribution < 1.29 is 13.5 Å². The van der Waals surface area contributed by atoms with Crippen LogP contribution < -0.4 is 32.5 Å². The number of pyridine rings is 1. The number of halogens is 2. The lowest BCUT2D eigenvalue weighted by Gasteiger charge is -2.23. The van der Waals surface area contributed by atoms with Gasteiger partial charge in [0.1, 0.15) is 17.3 Å². The SMILES string of the molecule is COc1cc(F)c(N(N)/C(=N\N)c2cc(-c3cnn(C4CCNCC4)c3)cnc2N)c(F)c1. The van der Waals surface area contributed by atoms with Crippen LogP contribution >= 0.6 is 0 Å². The monoisotopic (exact) mass is 457 g/mol. The Hall–Kier alpha value is -3.77. The number of methoxy groups -OCH3 is 1. The molecule has 1 aliphatic rings. The highest BCUT2D eigenvalue weighted by Gasteiger charge is 2.24. The molecule has 3 aromatic rings. The molecule has 2 aromatic heterocycles. The van der Waals surface area contributed by atoms with Crippen molar-refractivity contribution in [1.29, 1.82) is 0 Å². The molecule has 12 heteroatoms. The second kappa shape index (κ2) is 9.38. The van der Waals surface area contributed by atoms with Gasteiger partial charge in [-0.25, -0.2) is 19.6 Å². The predicted molar refractivity (Wildman–Crippen MR) is 121 cm³/mol. The van der Waals surface area contributed by atoms with Gasteiger partial charge in [0, 0.05) is 35.7 Å². The zero-order chi connectivity index (χ0) is 23.5. The first-order valence-corrected chi connectivity index (χ1v) is 10.3. The van der Waals surface area contributed by atoms with Gasteiger partial charge in [-0.15, -0.1) is 0 Å². The maximum Gasteiger partial charge on any atom is 0.178 e. The second-order valence-corrected chi connectivity index (χ2v) is 7.61. The lowest BCUT2D eigenvalue weighted by molar-refractivity contribution is 0.343. The van der Waals surface area contributed by atoms with Crippen molar-refractivity contribution in [3.05, 3.63) is 54.0 Å². The molecule has 33 heavy (non-hydrogen) atoms. The van der Waals surface area contributed by atoms with Crippen LogP contribution in [0.3, 0.4) is 0 Å². The first-order valence-electron chi connectivity index (χ1n) is 10.3. The summed E-state index contributed by atoms with van der Waals surface area (Å²) >= 11 is 0. The lowest BCUT2D eigenvalue weighted by atomic mass is 10.1. The molecule has 1 saturated heterocycles. The molecule has 0 aliphatic carbocycles. The summed E-state index contributed by atoms with van der Waals surface area (Å²) in [6.45, 7) is 1.88. The van der Waals surface area contributed by atoms with E-state index in [2.05, 4.69) is 20.5 Å². The number of hydrazone groups is 1. The van der Waals surface area contributed by atoms with Crippen LogP contribution in [-0.4, -0.2) is 40.8 Å². The minimum Gasteiger partial charge on any atom is -0.497 e. The maximum atomic E-state index is 14.6. The van der Waals surface area contributed by atoms with Crippen LogP contribution in [0.2, 0.25) is 0 Å². The molecule has 1 aliphatic heterocycles. The van der Waals surface area contributed by atoms with E-state index in [1.165, 1.54) is 7.11 Å². The van der Waals surface area contributed by atoms with E-state index in [1.807, 2.05) is 10.9 Å². The summed E-state index contributed by atoms with van der Waals surface area (Å²) < 4.78 is 36.0. The van der Waals surface area contributed by atoms with E-state index in [9.17, 15) is 8.78 Å². The highest BCUT2D eigenvalue weighted by atomic mass is 19.1. The average Bonchev–Trinajstić information content (AvgIpc) is 3.31. The zero-order valence-electron chi connectivity index (χ0n) is 18.0. The number of piperidine rings is 1. The van der Waals surface area contributed by atoms with E-state index in [0.717, 1.165) is 43.6 Å². The van der Waals surface area contributed by atoms with E-state index >= 15 is 0 Å². The van der Waals surface area contributed by atoms with Crippen molar-refractivity contribution in [3.8, 4) is 16.9 Å². The molecule has 0 amide bonds. The van der Waals surface area contributed by atoms with Crippen LogP contribution in [0.5, 0.6) is 5.75 Å². The Labute approximate surface area is 189 Å². The molecule has 3 heterocycles. The van der Waals surface area contributed by atoms with E-state index in [4.69, 9.17) is 22.2 Å². The van der Waals surface area contributed by atoms with E-state index in [0.29, 0.717) is 16.6 Å². The van der Waals surface area contributed by atoms with Crippen LogP contribution in [0.15, 0.2) is 41.9 Å². The van der Waals surface area contributed by atoms with Gasteiger partial charge in [-0.05, 0) is 32.0 Å². The number of amidine groups is 1. The van der Waals surface area contributed by atoms with Crippen molar-refractivity contribution in [2.75, 3.05) is 30.9 Å². The third kappa shape index (κ3) is 4.43. The fraction of sp³-hybridized carbons (Fsp3) is 0.286. The van der Waals surface area contributed by atoms with Crippen LogP contribution in [0.1, 0.15) is 24.4 Å². The number of hydrogen-bond donors (Lipinski definition) is 4. The zero-order valence-corrected chi connectivity index (χ0v) is 18.0. The van der Waals surface area contributed by atoms with Crippen molar-refractivity contribution in [3.63, 3.8) is 0 Å². The summed E-state index contributed by atoms with van der Waals surface area (Å²) in [6.07, 6.45) is 7.19. The number of nitrogens with two attached hydrogens (primary N) is 3. The Kier molecular flexibility index (Phi) is 6.38. The van der Waals surface area contributed by atoms with Crippen LogP contribution in [-0.2, 0) is 0 Å². The van der Waals surface area contributed by atoms with Gasteiger partial charge in [0.2, 0.25) is 0 Å². The number of benzene rings is 1. The van der Waals surface area contributed by atoms with E-state index < -0.39 is 17.3 Å². The molecule has 0 saturated carbocycles. The number of ether oxygens (including phenoxy) is 1. The van der Waals surface area contributed by atoms with Crippen molar-refractivity contribution in [1.82, 2.24) is 20.1 Å². The summed E-state index contributed by atoms with van der Waals surface area (Å²) in [5, 5.41) is 12.1. The quantitative estimate of drug-likeness (QED) is 0.196. The molecular weight excluding hydrogens is 432 g/mol. The largest absolute Gasteiger partial charge is 0.497 e. The molecular formula is C21H25F2N9O. The second-order valence-electron chi connectivity index (χ2n) is 7.61. The van der Waals surface area contributed by atoms with Gasteiger partial charge < -0.3 is 21.6 Å². The van der Waals surface area contributed by atoms with Gasteiger partial charge in [0.25, 0.3) is 0 Å². The van der Waals surface area contributed by atoms with Gasteiger partial charge in [-0.3, -0.25) is 9.69 Å². The van der Waals surface area contributed by atoms with Gasteiger partial charge in [0.15, 0.2) is 17.5 Å². The molecule has 0 bridgehead atoms. The first kappa shape index (κ1) is 22.4. The third-order valence-electron chi connectivity index (χ3n) is 5.59. The smallest absolute Gasteiger partial charge is 0.178 e. The normalized spacial score (nSPS) is 15.0.